The van der Waals surface area contributed by atoms with Crippen LogP contribution in [0.5, 0.6) is 0 Å². The minimum Gasteiger partial charge on any atom is -0.328 e. The summed E-state index contributed by atoms with van der Waals surface area (Å²) in [5.74, 6) is -0.776. The maximum absolute atomic E-state index is 13.4. The fraction of sp³-hybridized carbons (Fsp3) is 0.400. The van der Waals surface area contributed by atoms with Gasteiger partial charge in [0.05, 0.1) is 0 Å². The third-order valence-electron chi connectivity index (χ3n) is 2.07. The Hall–Kier alpha value is -0.500. The number of hydrogen-bond donors (Lipinski definition) is 2. The topological polar surface area (TPSA) is 72.2 Å². The number of nitrogens with two attached hydrogens (primary N) is 1. The molecule has 0 bridgehead atoms. The Labute approximate surface area is 109 Å². The average Bonchev–Trinajstić information content (AvgIpc) is 2.20. The molecule has 0 heterocycles. The number of benzene rings is 1. The molecule has 0 saturated carbocycles. The summed E-state index contributed by atoms with van der Waals surface area (Å²) in [5, 5.41) is 0. The largest absolute Gasteiger partial charge is 0.328 e. The van der Waals surface area contributed by atoms with E-state index < -0.39 is 15.8 Å². The van der Waals surface area contributed by atoms with E-state index in [2.05, 4.69) is 20.7 Å². The summed E-state index contributed by atoms with van der Waals surface area (Å²) in [6.07, 6.45) is 0.495. The summed E-state index contributed by atoms with van der Waals surface area (Å²) in [5.41, 5.74) is 5.50. The fourth-order valence-corrected chi connectivity index (χ4v) is 2.84. The van der Waals surface area contributed by atoms with Crippen molar-refractivity contribution in [1.29, 1.82) is 0 Å². The predicted molar refractivity (Wildman–Crippen MR) is 67.6 cm³/mol. The number of hydrogen-bond acceptors (Lipinski definition) is 3. The molecule has 0 aliphatic carbocycles. The molecule has 3 N–H and O–H groups in total. The van der Waals surface area contributed by atoms with Crippen molar-refractivity contribution < 1.29 is 12.8 Å². The molecule has 1 unspecified atom stereocenters. The first-order chi connectivity index (χ1) is 7.83. The lowest BCUT2D eigenvalue weighted by Gasteiger charge is -2.09. The first-order valence-electron chi connectivity index (χ1n) is 5.03. The zero-order valence-electron chi connectivity index (χ0n) is 9.28. The van der Waals surface area contributed by atoms with Crippen LogP contribution in [0.3, 0.4) is 0 Å². The summed E-state index contributed by atoms with van der Waals surface area (Å²) < 4.78 is 39.7. The molecular weight excluding hydrogens is 311 g/mol. The summed E-state index contributed by atoms with van der Waals surface area (Å²) >= 11 is 3.10. The first-order valence-corrected chi connectivity index (χ1v) is 7.31. The van der Waals surface area contributed by atoms with Crippen molar-refractivity contribution >= 4 is 26.0 Å². The third-order valence-corrected chi connectivity index (χ3v) is 4.04. The van der Waals surface area contributed by atoms with Crippen molar-refractivity contribution in [1.82, 2.24) is 4.72 Å². The van der Waals surface area contributed by atoms with E-state index in [0.717, 1.165) is 6.07 Å². The second kappa shape index (κ2) is 5.90. The molecule has 4 nitrogen and oxygen atoms in total. The molecule has 0 saturated heterocycles. The predicted octanol–water partition coefficient (Wildman–Crippen LogP) is 1.60. The van der Waals surface area contributed by atoms with Gasteiger partial charge in [-0.3, -0.25) is 0 Å². The van der Waals surface area contributed by atoms with Gasteiger partial charge in [-0.05, 0) is 31.5 Å². The van der Waals surface area contributed by atoms with E-state index >= 15 is 0 Å². The van der Waals surface area contributed by atoms with E-state index in [1.807, 2.05) is 0 Å². The van der Waals surface area contributed by atoms with Gasteiger partial charge >= 0.3 is 0 Å². The lowest BCUT2D eigenvalue weighted by Crippen LogP contribution is -2.29. The number of nitrogens with one attached hydrogen (secondary N) is 1. The van der Waals surface area contributed by atoms with Gasteiger partial charge in [-0.25, -0.2) is 17.5 Å². The minimum absolute atomic E-state index is 0.106. The maximum Gasteiger partial charge on any atom is 0.243 e. The molecule has 0 fully saturated rings. The Morgan fingerprint density at radius 3 is 2.76 bits per heavy atom. The van der Waals surface area contributed by atoms with Crippen LogP contribution in [0, 0.1) is 5.82 Å². The molecule has 1 rings (SSSR count). The van der Waals surface area contributed by atoms with Gasteiger partial charge in [-0.2, -0.15) is 0 Å². The van der Waals surface area contributed by atoms with Crippen molar-refractivity contribution in [2.24, 2.45) is 5.73 Å². The number of halogens is 2. The van der Waals surface area contributed by atoms with Crippen LogP contribution < -0.4 is 10.5 Å². The second-order valence-corrected chi connectivity index (χ2v) is 6.39. The molecule has 17 heavy (non-hydrogen) atoms. The maximum atomic E-state index is 13.4. The highest BCUT2D eigenvalue weighted by Gasteiger charge is 2.18. The lowest BCUT2D eigenvalue weighted by molar-refractivity contribution is 0.551. The van der Waals surface area contributed by atoms with Crippen LogP contribution in [-0.2, 0) is 10.0 Å². The van der Waals surface area contributed by atoms with Gasteiger partial charge in [-0.1, -0.05) is 15.9 Å². The second-order valence-electron chi connectivity index (χ2n) is 3.74. The Morgan fingerprint density at radius 1 is 1.53 bits per heavy atom. The van der Waals surface area contributed by atoms with E-state index in [1.54, 1.807) is 6.92 Å². The van der Waals surface area contributed by atoms with Gasteiger partial charge in [0.2, 0.25) is 10.0 Å². The molecule has 0 aliphatic heterocycles. The van der Waals surface area contributed by atoms with Crippen LogP contribution in [0.15, 0.2) is 27.6 Å². The van der Waals surface area contributed by atoms with Gasteiger partial charge in [-0.15, -0.1) is 0 Å². The highest BCUT2D eigenvalue weighted by Crippen LogP contribution is 2.19. The lowest BCUT2D eigenvalue weighted by atomic mass is 10.3. The van der Waals surface area contributed by atoms with Crippen molar-refractivity contribution in [3.63, 3.8) is 0 Å². The molecule has 7 heteroatoms. The van der Waals surface area contributed by atoms with Gasteiger partial charge in [0, 0.05) is 17.1 Å². The van der Waals surface area contributed by atoms with E-state index in [0.29, 0.717) is 10.9 Å². The molecular formula is C10H14BrFN2O2S. The molecule has 96 valence electrons. The summed E-state index contributed by atoms with van der Waals surface area (Å²) in [7, 11) is -3.82. The summed E-state index contributed by atoms with van der Waals surface area (Å²) in [4.78, 5) is -0.364. The molecule has 1 atom stereocenters. The van der Waals surface area contributed by atoms with Crippen LogP contribution in [0.2, 0.25) is 0 Å². The number of sulfonamides is 1. The Bertz CT molecular complexity index is 491. The van der Waals surface area contributed by atoms with Crippen LogP contribution in [0.4, 0.5) is 4.39 Å². The molecule has 0 radical (unpaired) electrons. The Morgan fingerprint density at radius 2 is 2.18 bits per heavy atom. The quantitative estimate of drug-likeness (QED) is 0.864. The van der Waals surface area contributed by atoms with Crippen LogP contribution >= 0.6 is 15.9 Å². The van der Waals surface area contributed by atoms with Gasteiger partial charge in [0.1, 0.15) is 10.7 Å². The highest BCUT2D eigenvalue weighted by molar-refractivity contribution is 9.10. The zero-order chi connectivity index (χ0) is 13.1. The fourth-order valence-electron chi connectivity index (χ4n) is 1.18. The smallest absolute Gasteiger partial charge is 0.243 e. The van der Waals surface area contributed by atoms with E-state index in [-0.39, 0.29) is 17.5 Å². The SMILES string of the molecule is CC(N)CCNS(=O)(=O)c1cc(Br)ccc1F. The van der Waals surface area contributed by atoms with Gasteiger partial charge in [0.15, 0.2) is 0 Å². The molecule has 0 aliphatic rings. The van der Waals surface area contributed by atoms with Crippen molar-refractivity contribution in [2.45, 2.75) is 24.3 Å². The van der Waals surface area contributed by atoms with Crippen LogP contribution in [-0.4, -0.2) is 21.0 Å². The van der Waals surface area contributed by atoms with Crippen LogP contribution in [0.1, 0.15) is 13.3 Å². The minimum atomic E-state index is -3.82. The van der Waals surface area contributed by atoms with E-state index in [1.165, 1.54) is 12.1 Å². The third kappa shape index (κ3) is 4.34. The summed E-state index contributed by atoms with van der Waals surface area (Å²) in [6.45, 7) is 1.96. The van der Waals surface area contributed by atoms with Crippen molar-refractivity contribution in [3.8, 4) is 0 Å². The molecule has 0 amide bonds. The standard InChI is InChI=1S/C10H14BrFN2O2S/c1-7(13)4-5-14-17(15,16)10-6-8(11)2-3-9(10)12/h2-3,6-7,14H,4-5,13H2,1H3. The van der Waals surface area contributed by atoms with Crippen molar-refractivity contribution in [3.05, 3.63) is 28.5 Å². The van der Waals surface area contributed by atoms with Crippen LogP contribution in [0.25, 0.3) is 0 Å². The number of rotatable bonds is 5. The molecule has 0 spiro atoms. The highest BCUT2D eigenvalue weighted by atomic mass is 79.9. The molecule has 0 aromatic heterocycles. The van der Waals surface area contributed by atoms with E-state index in [9.17, 15) is 12.8 Å². The molecule has 1 aromatic rings. The monoisotopic (exact) mass is 324 g/mol. The Kier molecular flexibility index (Phi) is 5.05. The van der Waals surface area contributed by atoms with Gasteiger partial charge < -0.3 is 5.73 Å². The van der Waals surface area contributed by atoms with E-state index in [4.69, 9.17) is 5.73 Å². The van der Waals surface area contributed by atoms with Gasteiger partial charge in [0.25, 0.3) is 0 Å². The normalized spacial score (nSPS) is 13.6. The molecule has 1 aromatic carbocycles. The van der Waals surface area contributed by atoms with Crippen molar-refractivity contribution in [2.75, 3.05) is 6.54 Å². The Balaban J connectivity index is 2.86. The first kappa shape index (κ1) is 14.6. The average molecular weight is 325 g/mol. The zero-order valence-corrected chi connectivity index (χ0v) is 11.7. The summed E-state index contributed by atoms with van der Waals surface area (Å²) in [6, 6.07) is 3.66.